The van der Waals surface area contributed by atoms with Crippen LogP contribution in [0.15, 0.2) is 25.0 Å². The number of rotatable bonds is 5. The molecule has 1 aromatic rings. The maximum Gasteiger partial charge on any atom is 0.225 e. The van der Waals surface area contributed by atoms with Crippen LogP contribution in [0.1, 0.15) is 24.8 Å². The average molecular weight is 288 g/mol. The fraction of sp³-hybridized carbons (Fsp3) is 0.625. The average Bonchev–Trinajstić information content (AvgIpc) is 2.85. The van der Waals surface area contributed by atoms with Gasteiger partial charge in [0, 0.05) is 50.4 Å². The van der Waals surface area contributed by atoms with E-state index in [1.165, 1.54) is 12.0 Å². The number of piperazine rings is 1. The summed E-state index contributed by atoms with van der Waals surface area (Å²) in [6.07, 6.45) is 9.28. The van der Waals surface area contributed by atoms with Crippen molar-refractivity contribution in [3.63, 3.8) is 0 Å². The zero-order valence-electron chi connectivity index (χ0n) is 12.6. The molecule has 2 aliphatic rings. The Hall–Kier alpha value is -1.62. The molecule has 0 spiro atoms. The molecule has 5 heteroatoms. The molecule has 3 rings (SSSR count). The molecule has 1 aliphatic heterocycles. The van der Waals surface area contributed by atoms with Crippen LogP contribution in [-0.4, -0.2) is 51.7 Å². The Morgan fingerprint density at radius 3 is 2.71 bits per heavy atom. The summed E-state index contributed by atoms with van der Waals surface area (Å²) in [5, 5.41) is 4.31. The van der Waals surface area contributed by atoms with E-state index in [0.29, 0.717) is 11.8 Å². The van der Waals surface area contributed by atoms with Gasteiger partial charge in [-0.2, -0.15) is 5.10 Å². The van der Waals surface area contributed by atoms with Gasteiger partial charge in [-0.25, -0.2) is 0 Å². The lowest BCUT2D eigenvalue weighted by atomic mass is 9.84. The topological polar surface area (TPSA) is 41.4 Å². The highest BCUT2D eigenvalue weighted by Crippen LogP contribution is 2.28. The Morgan fingerprint density at radius 1 is 1.33 bits per heavy atom. The molecule has 2 fully saturated rings. The summed E-state index contributed by atoms with van der Waals surface area (Å²) in [6, 6.07) is 0. The molecule has 21 heavy (non-hydrogen) atoms. The van der Waals surface area contributed by atoms with E-state index in [0.717, 1.165) is 52.1 Å². The number of aromatic nitrogens is 2. The minimum absolute atomic E-state index is 0.327. The Kier molecular flexibility index (Phi) is 4.39. The summed E-state index contributed by atoms with van der Waals surface area (Å²) in [6.45, 7) is 9.06. The Labute approximate surface area is 126 Å². The number of hydrogen-bond donors (Lipinski definition) is 0. The number of hydrogen-bond acceptors (Lipinski definition) is 3. The molecule has 1 saturated heterocycles. The quantitative estimate of drug-likeness (QED) is 0.771. The second-order valence-corrected chi connectivity index (χ2v) is 6.09. The van der Waals surface area contributed by atoms with Gasteiger partial charge in [-0.15, -0.1) is 6.58 Å². The molecule has 0 aromatic carbocycles. The highest BCUT2D eigenvalue weighted by atomic mass is 16.2. The minimum Gasteiger partial charge on any atom is -0.340 e. The van der Waals surface area contributed by atoms with Crippen LogP contribution in [0.4, 0.5) is 0 Å². The van der Waals surface area contributed by atoms with Crippen LogP contribution in [-0.2, 0) is 17.9 Å². The van der Waals surface area contributed by atoms with E-state index in [-0.39, 0.29) is 0 Å². The summed E-state index contributed by atoms with van der Waals surface area (Å²) < 4.78 is 1.90. The van der Waals surface area contributed by atoms with Crippen molar-refractivity contribution in [2.24, 2.45) is 5.92 Å². The van der Waals surface area contributed by atoms with E-state index in [1.54, 1.807) is 0 Å². The predicted octanol–water partition coefficient (Wildman–Crippen LogP) is 1.51. The normalized spacial score (nSPS) is 20.3. The molecule has 1 aliphatic carbocycles. The van der Waals surface area contributed by atoms with Gasteiger partial charge < -0.3 is 4.90 Å². The first-order valence-electron chi connectivity index (χ1n) is 7.89. The van der Waals surface area contributed by atoms with Crippen LogP contribution in [0.3, 0.4) is 0 Å². The largest absolute Gasteiger partial charge is 0.340 e. The van der Waals surface area contributed by atoms with E-state index >= 15 is 0 Å². The summed E-state index contributed by atoms with van der Waals surface area (Å²) >= 11 is 0. The standard InChI is InChI=1S/C16H24N4O/c1-2-6-20-13-14(11-17-20)12-18-7-9-19(10-8-18)16(21)15-4-3-5-15/h2,11,13,15H,1,3-10,12H2. The lowest BCUT2D eigenvalue weighted by Crippen LogP contribution is -2.50. The molecule has 114 valence electrons. The number of allylic oxidation sites excluding steroid dienone is 1. The lowest BCUT2D eigenvalue weighted by Gasteiger charge is -2.38. The highest BCUT2D eigenvalue weighted by Gasteiger charge is 2.31. The third-order valence-corrected chi connectivity index (χ3v) is 4.55. The molecule has 1 aromatic heterocycles. The second kappa shape index (κ2) is 6.43. The molecule has 1 saturated carbocycles. The molecule has 0 bridgehead atoms. The van der Waals surface area contributed by atoms with Gasteiger partial charge in [-0.05, 0) is 12.8 Å². The summed E-state index contributed by atoms with van der Waals surface area (Å²) in [5.41, 5.74) is 1.23. The lowest BCUT2D eigenvalue weighted by molar-refractivity contribution is -0.140. The monoisotopic (exact) mass is 288 g/mol. The molecular weight excluding hydrogens is 264 g/mol. The van der Waals surface area contributed by atoms with E-state index in [9.17, 15) is 4.79 Å². The third-order valence-electron chi connectivity index (χ3n) is 4.55. The zero-order chi connectivity index (χ0) is 14.7. The van der Waals surface area contributed by atoms with Crippen molar-refractivity contribution in [2.45, 2.75) is 32.4 Å². The smallest absolute Gasteiger partial charge is 0.225 e. The summed E-state index contributed by atoms with van der Waals surface area (Å²) in [5.74, 6) is 0.716. The van der Waals surface area contributed by atoms with Crippen molar-refractivity contribution in [2.75, 3.05) is 26.2 Å². The van der Waals surface area contributed by atoms with Gasteiger partial charge in [0.05, 0.1) is 12.7 Å². The second-order valence-electron chi connectivity index (χ2n) is 6.09. The molecule has 0 radical (unpaired) electrons. The molecule has 0 atom stereocenters. The first-order chi connectivity index (χ1) is 10.3. The molecule has 2 heterocycles. The number of carbonyl (C=O) groups excluding carboxylic acids is 1. The van der Waals surface area contributed by atoms with Gasteiger partial charge in [0.2, 0.25) is 5.91 Å². The van der Waals surface area contributed by atoms with Crippen molar-refractivity contribution < 1.29 is 4.79 Å². The highest BCUT2D eigenvalue weighted by molar-refractivity contribution is 5.79. The molecule has 1 amide bonds. The summed E-state index contributed by atoms with van der Waals surface area (Å²) in [4.78, 5) is 16.7. The number of amides is 1. The van der Waals surface area contributed by atoms with Gasteiger partial charge in [-0.1, -0.05) is 12.5 Å². The van der Waals surface area contributed by atoms with Gasteiger partial charge in [0.25, 0.3) is 0 Å². The number of carbonyl (C=O) groups is 1. The zero-order valence-corrected chi connectivity index (χ0v) is 12.6. The van der Waals surface area contributed by atoms with Crippen molar-refractivity contribution in [1.29, 1.82) is 0 Å². The predicted molar refractivity (Wildman–Crippen MR) is 81.6 cm³/mol. The van der Waals surface area contributed by atoms with Gasteiger partial charge in [-0.3, -0.25) is 14.4 Å². The van der Waals surface area contributed by atoms with Crippen LogP contribution in [0, 0.1) is 5.92 Å². The summed E-state index contributed by atoms with van der Waals surface area (Å²) in [7, 11) is 0. The Morgan fingerprint density at radius 2 is 2.10 bits per heavy atom. The minimum atomic E-state index is 0.327. The van der Waals surface area contributed by atoms with Crippen molar-refractivity contribution >= 4 is 5.91 Å². The maximum absolute atomic E-state index is 12.2. The van der Waals surface area contributed by atoms with Gasteiger partial charge in [0.1, 0.15) is 0 Å². The Bertz CT molecular complexity index is 498. The fourth-order valence-corrected chi connectivity index (χ4v) is 3.02. The molecule has 0 N–H and O–H groups in total. The fourth-order valence-electron chi connectivity index (χ4n) is 3.02. The Balaban J connectivity index is 1.46. The van der Waals surface area contributed by atoms with Crippen molar-refractivity contribution in [3.8, 4) is 0 Å². The van der Waals surface area contributed by atoms with E-state index in [4.69, 9.17) is 0 Å². The first-order valence-corrected chi connectivity index (χ1v) is 7.89. The van der Waals surface area contributed by atoms with Crippen LogP contribution in [0.2, 0.25) is 0 Å². The van der Waals surface area contributed by atoms with Gasteiger partial charge in [0.15, 0.2) is 0 Å². The van der Waals surface area contributed by atoms with Gasteiger partial charge >= 0.3 is 0 Å². The third kappa shape index (κ3) is 3.35. The van der Waals surface area contributed by atoms with Crippen LogP contribution < -0.4 is 0 Å². The molecule has 5 nitrogen and oxygen atoms in total. The van der Waals surface area contributed by atoms with E-state index in [1.807, 2.05) is 17.0 Å². The van der Waals surface area contributed by atoms with E-state index < -0.39 is 0 Å². The van der Waals surface area contributed by atoms with Crippen molar-refractivity contribution in [3.05, 3.63) is 30.6 Å². The first kappa shape index (κ1) is 14.3. The van der Waals surface area contributed by atoms with Crippen molar-refractivity contribution in [1.82, 2.24) is 19.6 Å². The SMILES string of the molecule is C=CCn1cc(CN2CCN(C(=O)C3CCC3)CC2)cn1. The number of nitrogens with zero attached hydrogens (tertiary/aromatic N) is 4. The molecule has 0 unspecified atom stereocenters. The van der Waals surface area contributed by atoms with Crippen LogP contribution >= 0.6 is 0 Å². The van der Waals surface area contributed by atoms with Crippen LogP contribution in [0.5, 0.6) is 0 Å². The maximum atomic E-state index is 12.2. The van der Waals surface area contributed by atoms with Crippen LogP contribution in [0.25, 0.3) is 0 Å². The van der Waals surface area contributed by atoms with E-state index in [2.05, 4.69) is 27.7 Å². The molecular formula is C16H24N4O.